The van der Waals surface area contributed by atoms with Crippen LogP contribution >= 0.6 is 0 Å². The van der Waals surface area contributed by atoms with Gasteiger partial charge in [-0.05, 0) is 42.3 Å². The Labute approximate surface area is 202 Å². The van der Waals surface area contributed by atoms with Gasteiger partial charge in [0.2, 0.25) is 5.88 Å². The molecule has 0 aliphatic rings. The molecule has 35 heavy (non-hydrogen) atoms. The maximum absolute atomic E-state index is 9.69. The summed E-state index contributed by atoms with van der Waals surface area (Å²) in [7, 11) is 0. The first-order valence-corrected chi connectivity index (χ1v) is 11.2. The highest BCUT2D eigenvalue weighted by Crippen LogP contribution is 2.24. The van der Waals surface area contributed by atoms with Crippen molar-refractivity contribution >= 4 is 0 Å². The Bertz CT molecular complexity index is 1360. The number of aryl methyl sites for hydroxylation is 1. The number of oxazole rings is 1. The third-order valence-corrected chi connectivity index (χ3v) is 5.46. The van der Waals surface area contributed by atoms with Crippen molar-refractivity contribution in [3.8, 4) is 23.3 Å². The van der Waals surface area contributed by atoms with Gasteiger partial charge < -0.3 is 23.4 Å². The summed E-state index contributed by atoms with van der Waals surface area (Å²) in [5, 5.41) is 14.2. The summed E-state index contributed by atoms with van der Waals surface area (Å²) >= 11 is 0. The minimum absolute atomic E-state index is 0.139. The van der Waals surface area contributed by atoms with Gasteiger partial charge in [-0.15, -0.1) is 5.10 Å². The van der Waals surface area contributed by atoms with Gasteiger partial charge in [0.15, 0.2) is 5.76 Å². The van der Waals surface area contributed by atoms with Crippen LogP contribution in [0.2, 0.25) is 0 Å². The van der Waals surface area contributed by atoms with Gasteiger partial charge in [-0.1, -0.05) is 42.5 Å². The summed E-state index contributed by atoms with van der Waals surface area (Å²) in [6.45, 7) is 2.92. The number of furan rings is 1. The zero-order valence-electron chi connectivity index (χ0n) is 19.3. The van der Waals surface area contributed by atoms with E-state index < -0.39 is 0 Å². The number of hydrogen-bond acceptors (Lipinski definition) is 7. The van der Waals surface area contributed by atoms with E-state index >= 15 is 0 Å². The van der Waals surface area contributed by atoms with Gasteiger partial charge >= 0.3 is 0 Å². The normalized spacial score (nSPS) is 11.0. The molecule has 0 aliphatic heterocycles. The molecule has 0 aliphatic carbocycles. The number of aliphatic hydroxyl groups is 1. The molecule has 5 rings (SSSR count). The van der Waals surface area contributed by atoms with Gasteiger partial charge in [0.25, 0.3) is 5.89 Å². The molecular weight excluding hydrogens is 446 g/mol. The van der Waals surface area contributed by atoms with E-state index in [4.69, 9.17) is 18.3 Å². The van der Waals surface area contributed by atoms with Crippen LogP contribution in [0, 0.1) is 6.92 Å². The van der Waals surface area contributed by atoms with Crippen LogP contribution in [-0.4, -0.2) is 19.9 Å². The van der Waals surface area contributed by atoms with Crippen LogP contribution in [0.1, 0.15) is 28.1 Å². The maximum atomic E-state index is 9.69. The van der Waals surface area contributed by atoms with E-state index in [0.29, 0.717) is 53.4 Å². The van der Waals surface area contributed by atoms with E-state index in [2.05, 4.69) is 10.1 Å². The Kier molecular flexibility index (Phi) is 6.63. The highest BCUT2D eigenvalue weighted by molar-refractivity contribution is 5.44. The predicted molar refractivity (Wildman–Crippen MR) is 128 cm³/mol. The second-order valence-corrected chi connectivity index (χ2v) is 8.02. The lowest BCUT2D eigenvalue weighted by atomic mass is 10.2. The van der Waals surface area contributed by atoms with Gasteiger partial charge in [0.1, 0.15) is 30.4 Å². The van der Waals surface area contributed by atoms with Crippen LogP contribution in [0.3, 0.4) is 0 Å². The Hall–Kier alpha value is -4.30. The molecule has 8 nitrogen and oxygen atoms in total. The van der Waals surface area contributed by atoms with Crippen molar-refractivity contribution in [2.24, 2.45) is 0 Å². The number of nitrogens with zero attached hydrogens (tertiary/aromatic N) is 3. The Balaban J connectivity index is 1.16. The summed E-state index contributed by atoms with van der Waals surface area (Å²) in [5.74, 6) is 2.84. The van der Waals surface area contributed by atoms with Crippen molar-refractivity contribution in [3.05, 3.63) is 107 Å². The van der Waals surface area contributed by atoms with Crippen molar-refractivity contribution in [2.45, 2.75) is 33.3 Å². The third kappa shape index (κ3) is 5.44. The fraction of sp³-hybridized carbons (Fsp3) is 0.185. The molecule has 0 radical (unpaired) electrons. The van der Waals surface area contributed by atoms with Crippen LogP contribution in [0.15, 0.2) is 88.0 Å². The van der Waals surface area contributed by atoms with Crippen LogP contribution < -0.4 is 9.47 Å². The molecule has 0 amide bonds. The molecule has 0 saturated carbocycles. The molecule has 1 N–H and O–H groups in total. The van der Waals surface area contributed by atoms with E-state index in [9.17, 15) is 5.11 Å². The molecule has 178 valence electrons. The first-order valence-electron chi connectivity index (χ1n) is 11.2. The average molecular weight is 472 g/mol. The summed E-state index contributed by atoms with van der Waals surface area (Å²) in [6.07, 6.45) is 3.39. The molecule has 3 aromatic heterocycles. The Morgan fingerprint density at radius 2 is 1.74 bits per heavy atom. The molecule has 0 spiro atoms. The second-order valence-electron chi connectivity index (χ2n) is 8.02. The fourth-order valence-electron chi connectivity index (χ4n) is 3.58. The van der Waals surface area contributed by atoms with Crippen LogP contribution in [0.4, 0.5) is 0 Å². The van der Waals surface area contributed by atoms with Gasteiger partial charge in [-0.3, -0.25) is 4.68 Å². The maximum Gasteiger partial charge on any atom is 0.263 e. The molecule has 0 atom stereocenters. The zero-order valence-corrected chi connectivity index (χ0v) is 19.3. The van der Waals surface area contributed by atoms with Gasteiger partial charge in [-0.2, -0.15) is 0 Å². The van der Waals surface area contributed by atoms with Crippen molar-refractivity contribution in [1.82, 2.24) is 14.8 Å². The Morgan fingerprint density at radius 1 is 0.914 bits per heavy atom. The first-order chi connectivity index (χ1) is 17.2. The van der Waals surface area contributed by atoms with E-state index in [0.717, 1.165) is 11.1 Å². The largest absolute Gasteiger partial charge is 0.487 e. The molecule has 0 saturated heterocycles. The summed E-state index contributed by atoms with van der Waals surface area (Å²) in [5.41, 5.74) is 3.44. The number of aromatic nitrogens is 3. The highest BCUT2D eigenvalue weighted by Gasteiger charge is 2.14. The molecule has 0 fully saturated rings. The minimum Gasteiger partial charge on any atom is -0.487 e. The fourth-order valence-corrected chi connectivity index (χ4v) is 3.58. The zero-order chi connectivity index (χ0) is 24.0. The summed E-state index contributed by atoms with van der Waals surface area (Å²) in [4.78, 5) is 4.46. The lowest BCUT2D eigenvalue weighted by Gasteiger charge is -2.07. The lowest BCUT2D eigenvalue weighted by molar-refractivity contribution is 0.254. The van der Waals surface area contributed by atoms with Crippen molar-refractivity contribution in [1.29, 1.82) is 0 Å². The summed E-state index contributed by atoms with van der Waals surface area (Å²) < 4.78 is 24.5. The van der Waals surface area contributed by atoms with Gasteiger partial charge in [0, 0.05) is 6.20 Å². The van der Waals surface area contributed by atoms with Crippen molar-refractivity contribution in [3.63, 3.8) is 0 Å². The monoisotopic (exact) mass is 471 g/mol. The predicted octanol–water partition coefficient (Wildman–Crippen LogP) is 5.14. The van der Waals surface area contributed by atoms with Crippen LogP contribution in [0.25, 0.3) is 11.7 Å². The van der Waals surface area contributed by atoms with E-state index in [1.807, 2.05) is 67.7 Å². The molecular formula is C27H25N3O5. The van der Waals surface area contributed by atoms with Gasteiger partial charge in [-0.25, -0.2) is 4.98 Å². The minimum atomic E-state index is -0.139. The average Bonchev–Trinajstić information content (AvgIpc) is 3.63. The SMILES string of the molecule is Cc1oc(-c2ccco2)nc1COc1ccc(COc2nn(Cc3ccccc3)cc2CO)cc1. The van der Waals surface area contributed by atoms with E-state index in [1.165, 1.54) is 0 Å². The summed E-state index contributed by atoms with van der Waals surface area (Å²) in [6, 6.07) is 21.2. The molecule has 8 heteroatoms. The number of rotatable bonds is 10. The van der Waals surface area contributed by atoms with E-state index in [-0.39, 0.29) is 13.2 Å². The highest BCUT2D eigenvalue weighted by atomic mass is 16.5. The molecule has 0 unspecified atom stereocenters. The quantitative estimate of drug-likeness (QED) is 0.301. The lowest BCUT2D eigenvalue weighted by Crippen LogP contribution is -2.02. The topological polar surface area (TPSA) is 95.7 Å². The van der Waals surface area contributed by atoms with Crippen molar-refractivity contribution in [2.75, 3.05) is 0 Å². The number of ether oxygens (including phenoxy) is 2. The number of aliphatic hydroxyl groups excluding tert-OH is 1. The standard InChI is InChI=1S/C27H25N3O5/c1-19-24(28-27(35-19)25-8-5-13-32-25)18-33-23-11-9-21(10-12-23)17-34-26-22(16-31)15-30(29-26)14-20-6-3-2-4-7-20/h2-13,15,31H,14,16-18H2,1H3. The van der Waals surface area contributed by atoms with Crippen LogP contribution in [-0.2, 0) is 26.4 Å². The molecule has 3 heterocycles. The first kappa shape index (κ1) is 22.5. The van der Waals surface area contributed by atoms with Crippen LogP contribution in [0.5, 0.6) is 11.6 Å². The van der Waals surface area contributed by atoms with E-state index in [1.54, 1.807) is 23.1 Å². The molecule has 5 aromatic rings. The molecule has 0 bridgehead atoms. The second kappa shape index (κ2) is 10.3. The van der Waals surface area contributed by atoms with Crippen molar-refractivity contribution < 1.29 is 23.4 Å². The number of benzene rings is 2. The molecule has 2 aromatic carbocycles. The smallest absolute Gasteiger partial charge is 0.263 e. The number of hydrogen-bond donors (Lipinski definition) is 1. The third-order valence-electron chi connectivity index (χ3n) is 5.46. The Morgan fingerprint density at radius 3 is 2.49 bits per heavy atom. The van der Waals surface area contributed by atoms with Gasteiger partial charge in [0.05, 0.1) is 25.0 Å².